The van der Waals surface area contributed by atoms with Gasteiger partial charge in [0.25, 0.3) is 0 Å². The largest absolute Gasteiger partial charge is 0.485 e. The summed E-state index contributed by atoms with van der Waals surface area (Å²) in [6.07, 6.45) is 3.29. The summed E-state index contributed by atoms with van der Waals surface area (Å²) in [7, 11) is 0.458. The minimum absolute atomic E-state index is 0.147. The molecule has 0 spiro atoms. The third-order valence-electron chi connectivity index (χ3n) is 3.35. The Balaban J connectivity index is 1.99. The third-order valence-corrected chi connectivity index (χ3v) is 4.12. The first-order valence-corrected chi connectivity index (χ1v) is 9.07. The molecule has 1 aromatic heterocycles. The zero-order valence-corrected chi connectivity index (χ0v) is 13.8. The number of aromatic nitrogens is 1. The standard InChI is InChI=1S/C14H21N3O4S/c1-16(2)14-12(5-4-7-15-14)21-11-6-8-17(9-11)13(18)10-22(3,19)20/h4-5,7,11H,6,8-10H2,1-3H3/t11-/m0/s1. The van der Waals surface area contributed by atoms with Crippen molar-refractivity contribution >= 4 is 21.6 Å². The van der Waals surface area contributed by atoms with Crippen LogP contribution in [0.2, 0.25) is 0 Å². The highest BCUT2D eigenvalue weighted by Crippen LogP contribution is 2.26. The van der Waals surface area contributed by atoms with Gasteiger partial charge in [-0.2, -0.15) is 0 Å². The second-order valence-corrected chi connectivity index (χ2v) is 7.80. The summed E-state index contributed by atoms with van der Waals surface area (Å²) < 4.78 is 28.3. The fraction of sp³-hybridized carbons (Fsp3) is 0.571. The fourth-order valence-corrected chi connectivity index (χ4v) is 2.99. The molecule has 0 N–H and O–H groups in total. The molecule has 1 aliphatic rings. The number of hydrogen-bond donors (Lipinski definition) is 0. The minimum atomic E-state index is -3.30. The second kappa shape index (κ2) is 6.51. The van der Waals surface area contributed by atoms with E-state index in [0.29, 0.717) is 25.3 Å². The van der Waals surface area contributed by atoms with Crippen molar-refractivity contribution in [1.29, 1.82) is 0 Å². The van der Waals surface area contributed by atoms with E-state index in [1.165, 1.54) is 4.90 Å². The van der Waals surface area contributed by atoms with E-state index in [-0.39, 0.29) is 12.0 Å². The van der Waals surface area contributed by atoms with Gasteiger partial charge in [-0.3, -0.25) is 4.79 Å². The number of likely N-dealkylation sites (tertiary alicyclic amines) is 1. The lowest BCUT2D eigenvalue weighted by atomic mass is 10.3. The van der Waals surface area contributed by atoms with Crippen molar-refractivity contribution in [3.8, 4) is 5.75 Å². The van der Waals surface area contributed by atoms with Crippen molar-refractivity contribution in [1.82, 2.24) is 9.88 Å². The summed E-state index contributed by atoms with van der Waals surface area (Å²) in [5.41, 5.74) is 0. The number of carbonyl (C=O) groups is 1. The zero-order valence-electron chi connectivity index (χ0n) is 13.0. The molecular weight excluding hydrogens is 306 g/mol. The molecule has 1 aromatic rings. The van der Waals surface area contributed by atoms with Gasteiger partial charge in [0, 0.05) is 39.5 Å². The molecule has 22 heavy (non-hydrogen) atoms. The maximum Gasteiger partial charge on any atom is 0.237 e. The molecule has 0 aliphatic carbocycles. The number of sulfone groups is 1. The van der Waals surface area contributed by atoms with Crippen LogP contribution >= 0.6 is 0 Å². The van der Waals surface area contributed by atoms with Crippen molar-refractivity contribution in [3.63, 3.8) is 0 Å². The second-order valence-electron chi connectivity index (χ2n) is 5.66. The van der Waals surface area contributed by atoms with Crippen molar-refractivity contribution in [2.75, 3.05) is 44.1 Å². The SMILES string of the molecule is CN(C)c1ncccc1O[C@H]1CCN(C(=O)CS(C)(=O)=O)C1. The van der Waals surface area contributed by atoms with Gasteiger partial charge in [0.2, 0.25) is 5.91 Å². The van der Waals surface area contributed by atoms with E-state index in [1.54, 1.807) is 12.3 Å². The van der Waals surface area contributed by atoms with Crippen LogP contribution in [0.25, 0.3) is 0 Å². The predicted octanol–water partition coefficient (Wildman–Crippen LogP) is 0.172. The molecular formula is C14H21N3O4S. The van der Waals surface area contributed by atoms with Gasteiger partial charge in [-0.1, -0.05) is 0 Å². The quantitative estimate of drug-likeness (QED) is 0.767. The number of carbonyl (C=O) groups excluding carboxylic acids is 1. The van der Waals surface area contributed by atoms with E-state index in [2.05, 4.69) is 4.98 Å². The van der Waals surface area contributed by atoms with Crippen LogP contribution in [-0.2, 0) is 14.6 Å². The van der Waals surface area contributed by atoms with Crippen LogP contribution in [-0.4, -0.2) is 69.5 Å². The molecule has 1 aliphatic heterocycles. The molecule has 122 valence electrons. The summed E-state index contributed by atoms with van der Waals surface area (Å²) in [6.45, 7) is 0.909. The molecule has 1 amide bonds. The first kappa shape index (κ1) is 16.5. The van der Waals surface area contributed by atoms with Crippen LogP contribution in [0.4, 0.5) is 5.82 Å². The molecule has 1 atom stereocenters. The third kappa shape index (κ3) is 4.33. The van der Waals surface area contributed by atoms with E-state index >= 15 is 0 Å². The van der Waals surface area contributed by atoms with Crippen LogP contribution in [0.1, 0.15) is 6.42 Å². The Morgan fingerprint density at radius 1 is 1.50 bits per heavy atom. The molecule has 0 bridgehead atoms. The molecule has 0 radical (unpaired) electrons. The van der Waals surface area contributed by atoms with E-state index in [9.17, 15) is 13.2 Å². The summed E-state index contributed by atoms with van der Waals surface area (Å²) in [4.78, 5) is 19.6. The number of amides is 1. The highest BCUT2D eigenvalue weighted by molar-refractivity contribution is 7.91. The zero-order chi connectivity index (χ0) is 16.3. The predicted molar refractivity (Wildman–Crippen MR) is 83.9 cm³/mol. The van der Waals surface area contributed by atoms with Gasteiger partial charge in [-0.25, -0.2) is 13.4 Å². The number of hydrogen-bond acceptors (Lipinski definition) is 6. The van der Waals surface area contributed by atoms with Crippen LogP contribution in [0.15, 0.2) is 18.3 Å². The molecule has 0 aromatic carbocycles. The lowest BCUT2D eigenvalue weighted by Gasteiger charge is -2.20. The molecule has 0 saturated carbocycles. The Kier molecular flexibility index (Phi) is 4.90. The smallest absolute Gasteiger partial charge is 0.237 e. The van der Waals surface area contributed by atoms with Crippen LogP contribution in [0, 0.1) is 0 Å². The molecule has 1 saturated heterocycles. The molecule has 2 heterocycles. The molecule has 0 unspecified atom stereocenters. The maximum atomic E-state index is 11.9. The van der Waals surface area contributed by atoms with Crippen LogP contribution in [0.5, 0.6) is 5.75 Å². The topological polar surface area (TPSA) is 79.8 Å². The van der Waals surface area contributed by atoms with E-state index in [0.717, 1.165) is 12.1 Å². The summed E-state index contributed by atoms with van der Waals surface area (Å²) in [5, 5.41) is 0. The van der Waals surface area contributed by atoms with Gasteiger partial charge < -0.3 is 14.5 Å². The van der Waals surface area contributed by atoms with Gasteiger partial charge in [0.05, 0.1) is 6.54 Å². The average Bonchev–Trinajstić information content (AvgIpc) is 2.86. The van der Waals surface area contributed by atoms with Crippen molar-refractivity contribution in [3.05, 3.63) is 18.3 Å². The average molecular weight is 327 g/mol. The lowest BCUT2D eigenvalue weighted by Crippen LogP contribution is -2.35. The number of ether oxygens (including phenoxy) is 1. The van der Waals surface area contributed by atoms with Crippen LogP contribution in [0.3, 0.4) is 0 Å². The molecule has 8 heteroatoms. The Bertz CT molecular complexity index is 645. The number of rotatable bonds is 5. The lowest BCUT2D eigenvalue weighted by molar-refractivity contribution is -0.127. The summed E-state index contributed by atoms with van der Waals surface area (Å²) >= 11 is 0. The van der Waals surface area contributed by atoms with Gasteiger partial charge in [-0.15, -0.1) is 0 Å². The fourth-order valence-electron chi connectivity index (χ4n) is 2.36. The normalized spacial score (nSPS) is 18.3. The number of pyridine rings is 1. The highest BCUT2D eigenvalue weighted by atomic mass is 32.2. The minimum Gasteiger partial charge on any atom is -0.485 e. The summed E-state index contributed by atoms with van der Waals surface area (Å²) in [5.74, 6) is 0.571. The van der Waals surface area contributed by atoms with Crippen molar-refractivity contribution in [2.45, 2.75) is 12.5 Å². The Labute approximate surface area is 130 Å². The van der Waals surface area contributed by atoms with E-state index < -0.39 is 15.6 Å². The van der Waals surface area contributed by atoms with Crippen molar-refractivity contribution in [2.24, 2.45) is 0 Å². The Morgan fingerprint density at radius 3 is 2.86 bits per heavy atom. The Hall–Kier alpha value is -1.83. The highest BCUT2D eigenvalue weighted by Gasteiger charge is 2.29. The van der Waals surface area contributed by atoms with Gasteiger partial charge in [0.15, 0.2) is 21.4 Å². The van der Waals surface area contributed by atoms with Gasteiger partial charge in [0.1, 0.15) is 11.9 Å². The molecule has 1 fully saturated rings. The van der Waals surface area contributed by atoms with Crippen LogP contribution < -0.4 is 9.64 Å². The molecule has 2 rings (SSSR count). The monoisotopic (exact) mass is 327 g/mol. The maximum absolute atomic E-state index is 11.9. The first-order valence-electron chi connectivity index (χ1n) is 7.01. The van der Waals surface area contributed by atoms with E-state index in [1.807, 2.05) is 25.1 Å². The van der Waals surface area contributed by atoms with Gasteiger partial charge >= 0.3 is 0 Å². The summed E-state index contributed by atoms with van der Waals surface area (Å²) in [6, 6.07) is 3.63. The van der Waals surface area contributed by atoms with Crippen molar-refractivity contribution < 1.29 is 17.9 Å². The number of anilines is 1. The van der Waals surface area contributed by atoms with Gasteiger partial charge in [-0.05, 0) is 12.1 Å². The number of nitrogens with zero attached hydrogens (tertiary/aromatic N) is 3. The van der Waals surface area contributed by atoms with E-state index in [4.69, 9.17) is 4.74 Å². The Morgan fingerprint density at radius 2 is 2.23 bits per heavy atom. The molecule has 7 nitrogen and oxygen atoms in total. The first-order chi connectivity index (χ1) is 10.3.